The number of nitrogens with two attached hydrogens (primary N) is 1. The van der Waals surface area contributed by atoms with E-state index in [-0.39, 0.29) is 41.3 Å². The van der Waals surface area contributed by atoms with Crippen molar-refractivity contribution in [3.63, 3.8) is 0 Å². The summed E-state index contributed by atoms with van der Waals surface area (Å²) >= 11 is 0. The summed E-state index contributed by atoms with van der Waals surface area (Å²) in [4.78, 5) is 19.9. The van der Waals surface area contributed by atoms with E-state index in [1.165, 1.54) is 12.1 Å². The molecule has 2 aliphatic rings. The molecule has 0 saturated heterocycles. The van der Waals surface area contributed by atoms with Crippen molar-refractivity contribution >= 4 is 23.4 Å². The fraction of sp³-hybridized carbons (Fsp3) is 0.278. The van der Waals surface area contributed by atoms with Crippen molar-refractivity contribution < 1.29 is 14.3 Å². The largest absolute Gasteiger partial charge is 0.508 e. The van der Waals surface area contributed by atoms with Gasteiger partial charge in [-0.15, -0.1) is 0 Å². The summed E-state index contributed by atoms with van der Waals surface area (Å²) in [6.07, 6.45) is 5.92. The van der Waals surface area contributed by atoms with E-state index in [1.807, 2.05) is 12.2 Å². The van der Waals surface area contributed by atoms with Gasteiger partial charge in [-0.1, -0.05) is 18.2 Å². The van der Waals surface area contributed by atoms with Crippen LogP contribution in [0.3, 0.4) is 0 Å². The van der Waals surface area contributed by atoms with Gasteiger partial charge in [0.15, 0.2) is 11.6 Å². The van der Waals surface area contributed by atoms with E-state index in [2.05, 4.69) is 20.6 Å². The van der Waals surface area contributed by atoms with Crippen LogP contribution >= 0.6 is 0 Å². The highest BCUT2D eigenvalue weighted by atomic mass is 19.1. The van der Waals surface area contributed by atoms with Gasteiger partial charge in [0.1, 0.15) is 5.75 Å². The summed E-state index contributed by atoms with van der Waals surface area (Å²) in [5.74, 6) is -0.906. The van der Waals surface area contributed by atoms with Crippen LogP contribution in [0.5, 0.6) is 5.75 Å². The predicted octanol–water partition coefficient (Wildman–Crippen LogP) is 2.15. The molecule has 2 bridgehead atoms. The zero-order valence-corrected chi connectivity index (χ0v) is 13.8. The number of hydrogen-bond acceptors (Lipinski definition) is 6. The van der Waals surface area contributed by atoms with E-state index >= 15 is 0 Å². The first kappa shape index (κ1) is 16.3. The highest BCUT2D eigenvalue weighted by molar-refractivity contribution is 5.79. The van der Waals surface area contributed by atoms with Crippen molar-refractivity contribution in [2.45, 2.75) is 12.5 Å². The Hall–Kier alpha value is -3.16. The molecule has 26 heavy (non-hydrogen) atoms. The van der Waals surface area contributed by atoms with Crippen LogP contribution in [0.15, 0.2) is 42.6 Å². The average Bonchev–Trinajstić information content (AvgIpc) is 3.19. The number of rotatable bonds is 5. The summed E-state index contributed by atoms with van der Waals surface area (Å²) in [6, 6.07) is 6.14. The van der Waals surface area contributed by atoms with Crippen LogP contribution in [0.2, 0.25) is 0 Å². The molecule has 4 atom stereocenters. The van der Waals surface area contributed by atoms with Gasteiger partial charge in [-0.05, 0) is 30.4 Å². The minimum absolute atomic E-state index is 0.0138. The first-order chi connectivity index (χ1) is 12.5. The second-order valence-corrected chi connectivity index (χ2v) is 6.61. The molecule has 1 heterocycles. The zero-order valence-electron chi connectivity index (χ0n) is 13.8. The lowest BCUT2D eigenvalue weighted by Gasteiger charge is -2.27. The van der Waals surface area contributed by atoms with Crippen LogP contribution < -0.4 is 16.4 Å². The monoisotopic (exact) mass is 355 g/mol. The Labute approximate surface area is 149 Å². The number of nitrogens with zero attached hydrogens (tertiary/aromatic N) is 2. The minimum Gasteiger partial charge on any atom is -0.508 e. The molecule has 1 fully saturated rings. The van der Waals surface area contributed by atoms with Crippen LogP contribution in [-0.2, 0) is 4.79 Å². The highest BCUT2D eigenvalue weighted by Gasteiger charge is 2.47. The Balaban J connectivity index is 1.57. The number of aromatic nitrogens is 2. The molecule has 0 aliphatic heterocycles. The lowest BCUT2D eigenvalue weighted by Crippen LogP contribution is -2.41. The maximum atomic E-state index is 14.2. The second-order valence-electron chi connectivity index (χ2n) is 6.61. The number of phenolic OH excluding ortho intramolecular Hbond substituents is 1. The highest BCUT2D eigenvalue weighted by Crippen LogP contribution is 2.44. The third-order valence-electron chi connectivity index (χ3n) is 4.94. The number of aromatic hydroxyl groups is 1. The molecule has 1 aromatic carbocycles. The molecule has 4 unspecified atom stereocenters. The first-order valence-corrected chi connectivity index (χ1v) is 8.34. The number of benzene rings is 1. The second kappa shape index (κ2) is 6.29. The molecule has 1 saturated carbocycles. The van der Waals surface area contributed by atoms with Crippen molar-refractivity contribution in [1.82, 2.24) is 9.97 Å². The van der Waals surface area contributed by atoms with Gasteiger partial charge >= 0.3 is 0 Å². The maximum absolute atomic E-state index is 14.2. The summed E-state index contributed by atoms with van der Waals surface area (Å²) in [5, 5.41) is 15.5. The van der Waals surface area contributed by atoms with Crippen molar-refractivity contribution in [2.75, 3.05) is 10.6 Å². The molecule has 5 N–H and O–H groups in total. The molecule has 0 radical (unpaired) electrons. The quantitative estimate of drug-likeness (QED) is 0.611. The number of anilines is 3. The normalized spacial score (nSPS) is 26.0. The van der Waals surface area contributed by atoms with Gasteiger partial charge in [-0.3, -0.25) is 4.79 Å². The number of primary amides is 1. The minimum atomic E-state index is -0.610. The van der Waals surface area contributed by atoms with Crippen LogP contribution in [0.25, 0.3) is 0 Å². The number of amides is 1. The topological polar surface area (TPSA) is 113 Å². The Morgan fingerprint density at radius 2 is 2.12 bits per heavy atom. The van der Waals surface area contributed by atoms with Gasteiger partial charge in [0, 0.05) is 17.8 Å². The molecule has 7 nitrogen and oxygen atoms in total. The molecule has 0 spiro atoms. The number of carbonyl (C=O) groups excluding carboxylic acids is 1. The first-order valence-electron chi connectivity index (χ1n) is 8.34. The van der Waals surface area contributed by atoms with E-state index in [0.717, 1.165) is 12.6 Å². The lowest BCUT2D eigenvalue weighted by molar-refractivity contribution is -0.122. The summed E-state index contributed by atoms with van der Waals surface area (Å²) < 4.78 is 14.2. The van der Waals surface area contributed by atoms with E-state index in [1.54, 1.807) is 12.1 Å². The van der Waals surface area contributed by atoms with E-state index in [9.17, 15) is 14.3 Å². The Morgan fingerprint density at radius 1 is 1.31 bits per heavy atom. The third-order valence-corrected chi connectivity index (χ3v) is 4.94. The van der Waals surface area contributed by atoms with Gasteiger partial charge in [0.05, 0.1) is 12.1 Å². The number of phenols is 1. The van der Waals surface area contributed by atoms with Crippen LogP contribution in [0.4, 0.5) is 21.8 Å². The van der Waals surface area contributed by atoms with Gasteiger partial charge in [-0.25, -0.2) is 9.37 Å². The predicted molar refractivity (Wildman–Crippen MR) is 94.2 cm³/mol. The van der Waals surface area contributed by atoms with Crippen molar-refractivity contribution in [2.24, 2.45) is 23.5 Å². The Kier molecular flexibility index (Phi) is 3.95. The third kappa shape index (κ3) is 2.94. The molecule has 1 aromatic heterocycles. The number of halogens is 1. The Bertz CT molecular complexity index is 888. The number of allylic oxidation sites excluding steroid dienone is 1. The number of fused-ring (bicyclic) bond motifs is 2. The van der Waals surface area contributed by atoms with Crippen molar-refractivity contribution in [1.29, 1.82) is 0 Å². The smallest absolute Gasteiger partial charge is 0.229 e. The van der Waals surface area contributed by atoms with E-state index < -0.39 is 11.7 Å². The van der Waals surface area contributed by atoms with E-state index in [0.29, 0.717) is 5.69 Å². The molecule has 2 aliphatic carbocycles. The number of carbonyl (C=O) groups is 1. The average molecular weight is 355 g/mol. The standard InChI is InChI=1S/C18H18FN5O2/c19-13-8-21-18(22-11-2-1-3-12(25)7-11)24-17(13)23-15-10-5-4-9(6-10)14(15)16(20)26/h1-5,7-10,14-15,25H,6H2,(H2,20,26)(H2,21,22,23,24). The number of nitrogens with one attached hydrogen (secondary N) is 2. The lowest BCUT2D eigenvalue weighted by atomic mass is 9.88. The molecular weight excluding hydrogens is 337 g/mol. The van der Waals surface area contributed by atoms with Crippen LogP contribution in [-0.4, -0.2) is 27.0 Å². The van der Waals surface area contributed by atoms with Gasteiger partial charge in [0.2, 0.25) is 11.9 Å². The zero-order chi connectivity index (χ0) is 18.3. The van der Waals surface area contributed by atoms with Crippen LogP contribution in [0.1, 0.15) is 6.42 Å². The molecular formula is C18H18FN5O2. The maximum Gasteiger partial charge on any atom is 0.229 e. The summed E-state index contributed by atoms with van der Waals surface area (Å²) in [5.41, 5.74) is 6.11. The Morgan fingerprint density at radius 3 is 2.88 bits per heavy atom. The van der Waals surface area contributed by atoms with Gasteiger partial charge in [0.25, 0.3) is 0 Å². The molecule has 2 aromatic rings. The molecule has 8 heteroatoms. The summed E-state index contributed by atoms with van der Waals surface area (Å²) in [6.45, 7) is 0. The molecule has 4 rings (SSSR count). The SMILES string of the molecule is NC(=O)C1C2C=CC(C2)C1Nc1nc(Nc2cccc(O)c2)ncc1F. The molecule has 1 amide bonds. The van der Waals surface area contributed by atoms with Gasteiger partial charge in [-0.2, -0.15) is 4.98 Å². The fourth-order valence-electron chi connectivity index (χ4n) is 3.81. The fourth-order valence-corrected chi connectivity index (χ4v) is 3.81. The summed E-state index contributed by atoms with van der Waals surface area (Å²) in [7, 11) is 0. The van der Waals surface area contributed by atoms with Crippen molar-refractivity contribution in [3.05, 3.63) is 48.4 Å². The van der Waals surface area contributed by atoms with Crippen LogP contribution in [0, 0.1) is 23.6 Å². The molecule has 134 valence electrons. The van der Waals surface area contributed by atoms with E-state index in [4.69, 9.17) is 5.73 Å². The number of hydrogen-bond donors (Lipinski definition) is 4. The van der Waals surface area contributed by atoms with Crippen molar-refractivity contribution in [3.8, 4) is 5.75 Å². The van der Waals surface area contributed by atoms with Gasteiger partial charge < -0.3 is 21.5 Å².